The third-order valence-electron chi connectivity index (χ3n) is 6.25. The molecule has 0 spiro atoms. The van der Waals surface area contributed by atoms with E-state index in [-0.39, 0.29) is 11.3 Å². The van der Waals surface area contributed by atoms with Gasteiger partial charge in [-0.05, 0) is 62.0 Å². The Balaban J connectivity index is 2.12. The Morgan fingerprint density at radius 2 is 1.63 bits per heavy atom. The van der Waals surface area contributed by atoms with E-state index in [1.807, 2.05) is 6.92 Å². The van der Waals surface area contributed by atoms with Gasteiger partial charge >= 0.3 is 0 Å². The summed E-state index contributed by atoms with van der Waals surface area (Å²) in [6.45, 7) is 9.10. The molecule has 0 radical (unpaired) electrons. The van der Waals surface area contributed by atoms with E-state index < -0.39 is 17.7 Å². The van der Waals surface area contributed by atoms with Gasteiger partial charge in [0.15, 0.2) is 11.5 Å². The lowest BCUT2D eigenvalue weighted by Crippen LogP contribution is -2.38. The number of aliphatic hydroxyl groups excluding tert-OH is 1. The molecule has 3 rings (SSSR count). The van der Waals surface area contributed by atoms with Gasteiger partial charge in [-0.25, -0.2) is 0 Å². The molecule has 8 heteroatoms. The summed E-state index contributed by atoms with van der Waals surface area (Å²) in [6.07, 6.45) is 0. The molecule has 1 saturated heterocycles. The first-order chi connectivity index (χ1) is 16.9. The van der Waals surface area contributed by atoms with Gasteiger partial charge in [0.1, 0.15) is 11.5 Å². The van der Waals surface area contributed by atoms with Gasteiger partial charge in [-0.2, -0.15) is 0 Å². The quantitative estimate of drug-likeness (QED) is 0.296. The molecule has 2 aromatic rings. The van der Waals surface area contributed by atoms with Gasteiger partial charge < -0.3 is 29.1 Å². The van der Waals surface area contributed by atoms with E-state index in [1.54, 1.807) is 49.6 Å². The minimum Gasteiger partial charge on any atom is -0.507 e. The molecule has 1 N–H and O–H groups in total. The van der Waals surface area contributed by atoms with E-state index in [0.717, 1.165) is 13.1 Å². The van der Waals surface area contributed by atoms with Crippen molar-refractivity contribution in [2.75, 3.05) is 47.0 Å². The third-order valence-corrected chi connectivity index (χ3v) is 6.25. The Morgan fingerprint density at radius 3 is 2.20 bits per heavy atom. The number of hydrogen-bond donors (Lipinski definition) is 1. The van der Waals surface area contributed by atoms with Crippen molar-refractivity contribution in [3.8, 4) is 17.2 Å². The predicted molar refractivity (Wildman–Crippen MR) is 134 cm³/mol. The largest absolute Gasteiger partial charge is 0.507 e. The minimum absolute atomic E-state index is 0.0472. The summed E-state index contributed by atoms with van der Waals surface area (Å²) in [5, 5.41) is 11.2. The van der Waals surface area contributed by atoms with Gasteiger partial charge in [0, 0.05) is 18.7 Å². The first-order valence-corrected chi connectivity index (χ1v) is 11.9. The monoisotopic (exact) mass is 482 g/mol. The summed E-state index contributed by atoms with van der Waals surface area (Å²) in [7, 11) is 3.07. The Labute approximate surface area is 206 Å². The molecule has 1 heterocycles. The second kappa shape index (κ2) is 11.8. The van der Waals surface area contributed by atoms with Crippen molar-refractivity contribution in [1.82, 2.24) is 9.80 Å². The zero-order valence-electron chi connectivity index (χ0n) is 21.0. The number of methoxy groups -OCH3 is 2. The maximum atomic E-state index is 13.2. The van der Waals surface area contributed by atoms with E-state index in [4.69, 9.17) is 14.2 Å². The topological polar surface area (TPSA) is 88.5 Å². The summed E-state index contributed by atoms with van der Waals surface area (Å²) in [5.74, 6) is 0.0834. The molecular formula is C27H34N2O6. The molecular weight excluding hydrogens is 448 g/mol. The van der Waals surface area contributed by atoms with Crippen LogP contribution in [0.25, 0.3) is 5.76 Å². The molecule has 1 amide bonds. The van der Waals surface area contributed by atoms with E-state index in [1.165, 1.54) is 12.0 Å². The molecule has 0 unspecified atom stereocenters. The third kappa shape index (κ3) is 5.43. The number of rotatable bonds is 11. The van der Waals surface area contributed by atoms with E-state index in [2.05, 4.69) is 18.7 Å². The SMILES string of the molecule is CCOc1ccc(C(O)=C2C(=O)C(=O)N(CCN(CC)CC)[C@H]2c2ccc(OC)c(OC)c2)cc1. The summed E-state index contributed by atoms with van der Waals surface area (Å²) in [6, 6.07) is 11.3. The number of amides is 1. The smallest absolute Gasteiger partial charge is 0.295 e. The summed E-state index contributed by atoms with van der Waals surface area (Å²) < 4.78 is 16.3. The summed E-state index contributed by atoms with van der Waals surface area (Å²) in [4.78, 5) is 30.1. The van der Waals surface area contributed by atoms with Crippen LogP contribution in [0.4, 0.5) is 0 Å². The molecule has 188 valence electrons. The molecule has 1 fully saturated rings. The zero-order valence-corrected chi connectivity index (χ0v) is 21.0. The van der Waals surface area contributed by atoms with Crippen LogP contribution in [-0.2, 0) is 9.59 Å². The first kappa shape index (κ1) is 26.1. The summed E-state index contributed by atoms with van der Waals surface area (Å²) in [5.41, 5.74) is 1.13. The highest BCUT2D eigenvalue weighted by atomic mass is 16.5. The number of likely N-dealkylation sites (N-methyl/N-ethyl adjacent to an activating group) is 1. The minimum atomic E-state index is -0.767. The number of nitrogens with zero attached hydrogens (tertiary/aromatic N) is 2. The maximum Gasteiger partial charge on any atom is 0.295 e. The van der Waals surface area contributed by atoms with Crippen molar-refractivity contribution < 1.29 is 28.9 Å². The highest BCUT2D eigenvalue weighted by molar-refractivity contribution is 6.46. The molecule has 1 aliphatic rings. The van der Waals surface area contributed by atoms with Crippen LogP contribution < -0.4 is 14.2 Å². The van der Waals surface area contributed by atoms with Crippen LogP contribution in [0.15, 0.2) is 48.0 Å². The van der Waals surface area contributed by atoms with Crippen molar-refractivity contribution in [3.63, 3.8) is 0 Å². The van der Waals surface area contributed by atoms with Crippen molar-refractivity contribution in [1.29, 1.82) is 0 Å². The van der Waals surface area contributed by atoms with E-state index in [0.29, 0.717) is 48.1 Å². The highest BCUT2D eigenvalue weighted by Gasteiger charge is 2.46. The number of carbonyl (C=O) groups excluding carboxylic acids is 2. The second-order valence-corrected chi connectivity index (χ2v) is 8.09. The van der Waals surface area contributed by atoms with Gasteiger partial charge in [0.05, 0.1) is 32.4 Å². The van der Waals surface area contributed by atoms with Crippen LogP contribution in [0.2, 0.25) is 0 Å². The van der Waals surface area contributed by atoms with Crippen LogP contribution in [0.1, 0.15) is 37.9 Å². The Hall–Kier alpha value is -3.52. The first-order valence-electron chi connectivity index (χ1n) is 11.9. The van der Waals surface area contributed by atoms with Crippen molar-refractivity contribution in [3.05, 3.63) is 59.2 Å². The summed E-state index contributed by atoms with van der Waals surface area (Å²) >= 11 is 0. The lowest BCUT2D eigenvalue weighted by Gasteiger charge is -2.28. The van der Waals surface area contributed by atoms with Crippen LogP contribution in [0.3, 0.4) is 0 Å². The number of likely N-dealkylation sites (tertiary alicyclic amines) is 1. The van der Waals surface area contributed by atoms with Crippen molar-refractivity contribution >= 4 is 17.4 Å². The molecule has 0 saturated carbocycles. The fourth-order valence-corrected chi connectivity index (χ4v) is 4.30. The average Bonchev–Trinajstić information content (AvgIpc) is 3.14. The van der Waals surface area contributed by atoms with Gasteiger partial charge in [0.2, 0.25) is 0 Å². The lowest BCUT2D eigenvalue weighted by molar-refractivity contribution is -0.140. The predicted octanol–water partition coefficient (Wildman–Crippen LogP) is 3.87. The molecule has 0 bridgehead atoms. The molecule has 0 aliphatic carbocycles. The Morgan fingerprint density at radius 1 is 0.971 bits per heavy atom. The lowest BCUT2D eigenvalue weighted by atomic mass is 9.95. The molecule has 8 nitrogen and oxygen atoms in total. The van der Waals surface area contributed by atoms with Gasteiger partial charge in [-0.3, -0.25) is 9.59 Å². The maximum absolute atomic E-state index is 13.2. The Bertz CT molecular complexity index is 1080. The normalized spacial score (nSPS) is 17.2. The Kier molecular flexibility index (Phi) is 8.76. The van der Waals surface area contributed by atoms with Crippen molar-refractivity contribution in [2.24, 2.45) is 0 Å². The molecule has 1 atom stereocenters. The van der Waals surface area contributed by atoms with E-state index in [9.17, 15) is 14.7 Å². The number of aliphatic hydroxyl groups is 1. The molecule has 1 aliphatic heterocycles. The van der Waals surface area contributed by atoms with Crippen LogP contribution in [0, 0.1) is 0 Å². The van der Waals surface area contributed by atoms with Crippen LogP contribution >= 0.6 is 0 Å². The van der Waals surface area contributed by atoms with Gasteiger partial charge in [0.25, 0.3) is 11.7 Å². The number of hydrogen-bond acceptors (Lipinski definition) is 7. The number of ether oxygens (including phenoxy) is 3. The van der Waals surface area contributed by atoms with E-state index >= 15 is 0 Å². The second-order valence-electron chi connectivity index (χ2n) is 8.09. The molecule has 0 aromatic heterocycles. The average molecular weight is 483 g/mol. The standard InChI is InChI=1S/C27H34N2O6/c1-6-28(7-2)15-16-29-24(19-11-14-21(33-4)22(17-19)34-5)23(26(31)27(29)32)25(30)18-9-12-20(13-10-18)35-8-3/h9-14,17,24,30H,6-8,15-16H2,1-5H3/t24-/m0/s1. The van der Waals surface area contributed by atoms with Crippen LogP contribution in [-0.4, -0.2) is 73.6 Å². The fourth-order valence-electron chi connectivity index (χ4n) is 4.30. The fraction of sp³-hybridized carbons (Fsp3) is 0.407. The number of carbonyl (C=O) groups is 2. The number of Topliss-reactive ketones (excluding diaryl/α,β-unsaturated/α-hetero) is 1. The van der Waals surface area contributed by atoms with Gasteiger partial charge in [-0.1, -0.05) is 19.9 Å². The molecule has 35 heavy (non-hydrogen) atoms. The number of ketones is 1. The van der Waals surface area contributed by atoms with Crippen molar-refractivity contribution in [2.45, 2.75) is 26.8 Å². The van der Waals surface area contributed by atoms with Gasteiger partial charge in [-0.15, -0.1) is 0 Å². The number of benzene rings is 2. The highest BCUT2D eigenvalue weighted by Crippen LogP contribution is 2.42. The van der Waals surface area contributed by atoms with Crippen LogP contribution in [0.5, 0.6) is 17.2 Å². The molecule has 2 aromatic carbocycles. The zero-order chi connectivity index (χ0) is 25.5.